The first-order chi connectivity index (χ1) is 9.97. The highest BCUT2D eigenvalue weighted by Gasteiger charge is 2.14. The van der Waals surface area contributed by atoms with Crippen molar-refractivity contribution in [3.63, 3.8) is 0 Å². The van der Waals surface area contributed by atoms with Crippen LogP contribution >= 0.6 is 0 Å². The number of hydrogen-bond acceptors (Lipinski definition) is 3. The molecule has 0 unspecified atom stereocenters. The van der Waals surface area contributed by atoms with Gasteiger partial charge in [-0.25, -0.2) is 9.59 Å². The van der Waals surface area contributed by atoms with Gasteiger partial charge in [0.2, 0.25) is 0 Å². The Kier molecular flexibility index (Phi) is 4.08. The number of aryl methyl sites for hydroxylation is 1. The molecule has 0 aliphatic heterocycles. The van der Waals surface area contributed by atoms with Gasteiger partial charge in [-0.3, -0.25) is 0 Å². The van der Waals surface area contributed by atoms with Gasteiger partial charge < -0.3 is 20.8 Å². The summed E-state index contributed by atoms with van der Waals surface area (Å²) in [6.45, 7) is 1.89. The lowest BCUT2D eigenvalue weighted by Gasteiger charge is -2.10. The SMILES string of the molecule is Cc1cccc(NC(=O)Nc2cccc(C(=O)O)c2O)c1. The number of amides is 2. The van der Waals surface area contributed by atoms with E-state index >= 15 is 0 Å². The van der Waals surface area contributed by atoms with Crippen LogP contribution in [-0.2, 0) is 0 Å². The molecule has 2 aromatic carbocycles. The normalized spacial score (nSPS) is 9.95. The summed E-state index contributed by atoms with van der Waals surface area (Å²) in [5, 5.41) is 23.7. The van der Waals surface area contributed by atoms with E-state index in [0.717, 1.165) is 5.56 Å². The number of benzene rings is 2. The van der Waals surface area contributed by atoms with Crippen LogP contribution in [0, 0.1) is 6.92 Å². The van der Waals surface area contributed by atoms with Gasteiger partial charge in [0.1, 0.15) is 5.56 Å². The highest BCUT2D eigenvalue weighted by Crippen LogP contribution is 2.27. The molecule has 6 heteroatoms. The first-order valence-electron chi connectivity index (χ1n) is 6.17. The number of nitrogens with one attached hydrogen (secondary N) is 2. The standard InChI is InChI=1S/C15H14N2O4/c1-9-4-2-5-10(8-9)16-15(21)17-12-7-3-6-11(13(12)18)14(19)20/h2-8,18H,1H3,(H,19,20)(H2,16,17,21). The van der Waals surface area contributed by atoms with E-state index < -0.39 is 17.7 Å². The number of rotatable bonds is 3. The molecule has 0 heterocycles. The fraction of sp³-hybridized carbons (Fsp3) is 0.0667. The summed E-state index contributed by atoms with van der Waals surface area (Å²) in [4.78, 5) is 22.7. The monoisotopic (exact) mass is 286 g/mol. The third kappa shape index (κ3) is 3.50. The Morgan fingerprint density at radius 2 is 1.76 bits per heavy atom. The summed E-state index contributed by atoms with van der Waals surface area (Å²) in [5.41, 5.74) is 1.34. The Morgan fingerprint density at radius 3 is 2.43 bits per heavy atom. The number of carboxylic acid groups (broad SMARTS) is 1. The van der Waals surface area contributed by atoms with E-state index in [1.807, 2.05) is 13.0 Å². The Balaban J connectivity index is 2.13. The van der Waals surface area contributed by atoms with Gasteiger partial charge in [0.25, 0.3) is 0 Å². The Labute approximate surface area is 121 Å². The van der Waals surface area contributed by atoms with Crippen LogP contribution in [0.4, 0.5) is 16.2 Å². The van der Waals surface area contributed by atoms with Crippen molar-refractivity contribution >= 4 is 23.4 Å². The number of aromatic hydroxyl groups is 1. The van der Waals surface area contributed by atoms with Crippen LogP contribution in [0.3, 0.4) is 0 Å². The van der Waals surface area contributed by atoms with Gasteiger partial charge in [-0.1, -0.05) is 18.2 Å². The number of aromatic carboxylic acids is 1. The average Bonchev–Trinajstić information content (AvgIpc) is 2.40. The largest absolute Gasteiger partial charge is 0.505 e. The smallest absolute Gasteiger partial charge is 0.339 e. The summed E-state index contributed by atoms with van der Waals surface area (Å²) in [6.07, 6.45) is 0. The molecule has 21 heavy (non-hydrogen) atoms. The molecule has 0 fully saturated rings. The van der Waals surface area contributed by atoms with E-state index in [1.165, 1.54) is 18.2 Å². The zero-order chi connectivity index (χ0) is 15.4. The summed E-state index contributed by atoms with van der Waals surface area (Å²) in [5.74, 6) is -1.75. The zero-order valence-corrected chi connectivity index (χ0v) is 11.3. The fourth-order valence-electron chi connectivity index (χ4n) is 1.82. The quantitative estimate of drug-likeness (QED) is 0.652. The predicted molar refractivity (Wildman–Crippen MR) is 78.9 cm³/mol. The van der Waals surface area contributed by atoms with Gasteiger partial charge in [-0.2, -0.15) is 0 Å². The van der Waals surface area contributed by atoms with Crippen molar-refractivity contribution in [3.8, 4) is 5.75 Å². The van der Waals surface area contributed by atoms with E-state index in [-0.39, 0.29) is 11.3 Å². The molecule has 0 atom stereocenters. The molecule has 0 saturated carbocycles. The number of carbonyl (C=O) groups excluding carboxylic acids is 1. The second kappa shape index (κ2) is 5.96. The van der Waals surface area contributed by atoms with Crippen LogP contribution in [0.5, 0.6) is 5.75 Å². The number of urea groups is 1. The molecular formula is C15H14N2O4. The third-order valence-corrected chi connectivity index (χ3v) is 2.79. The molecule has 0 spiro atoms. The lowest BCUT2D eigenvalue weighted by atomic mass is 10.1. The molecule has 2 amide bonds. The van der Waals surface area contributed by atoms with Crippen molar-refractivity contribution in [2.75, 3.05) is 10.6 Å². The maximum absolute atomic E-state index is 11.8. The summed E-state index contributed by atoms with van der Waals surface area (Å²) in [6, 6.07) is 10.7. The van der Waals surface area contributed by atoms with Crippen LogP contribution < -0.4 is 10.6 Å². The first kappa shape index (κ1) is 14.4. The third-order valence-electron chi connectivity index (χ3n) is 2.79. The number of anilines is 2. The number of phenols is 1. The van der Waals surface area contributed by atoms with Gasteiger partial charge in [-0.15, -0.1) is 0 Å². The number of carboxylic acids is 1. The topological polar surface area (TPSA) is 98.7 Å². The minimum absolute atomic E-state index is 0.0278. The molecule has 0 aromatic heterocycles. The predicted octanol–water partition coefficient (Wildman–Crippen LogP) is 3.04. The molecule has 0 aliphatic rings. The summed E-state index contributed by atoms with van der Waals surface area (Å²) < 4.78 is 0. The van der Waals surface area contributed by atoms with Crippen molar-refractivity contribution in [1.82, 2.24) is 0 Å². The second-order valence-electron chi connectivity index (χ2n) is 4.46. The van der Waals surface area contributed by atoms with Crippen LogP contribution in [0.15, 0.2) is 42.5 Å². The number of hydrogen-bond donors (Lipinski definition) is 4. The summed E-state index contributed by atoms with van der Waals surface area (Å²) in [7, 11) is 0. The van der Waals surface area contributed by atoms with E-state index in [2.05, 4.69) is 10.6 Å². The molecule has 0 aliphatic carbocycles. The maximum Gasteiger partial charge on any atom is 0.339 e. The molecule has 0 radical (unpaired) electrons. The van der Waals surface area contributed by atoms with Crippen LogP contribution in [-0.4, -0.2) is 22.2 Å². The molecule has 2 rings (SSSR count). The van der Waals surface area contributed by atoms with Crippen molar-refractivity contribution in [2.45, 2.75) is 6.92 Å². The molecule has 4 N–H and O–H groups in total. The Hall–Kier alpha value is -3.02. The van der Waals surface area contributed by atoms with Crippen LogP contribution in [0.25, 0.3) is 0 Å². The minimum atomic E-state index is -1.27. The van der Waals surface area contributed by atoms with Gasteiger partial charge in [-0.05, 0) is 36.8 Å². The molecule has 0 bridgehead atoms. The lowest BCUT2D eigenvalue weighted by molar-refractivity contribution is 0.0694. The fourth-order valence-corrected chi connectivity index (χ4v) is 1.82. The van der Waals surface area contributed by atoms with Crippen molar-refractivity contribution < 1.29 is 19.8 Å². The second-order valence-corrected chi connectivity index (χ2v) is 4.46. The van der Waals surface area contributed by atoms with Gasteiger partial charge >= 0.3 is 12.0 Å². The molecule has 108 valence electrons. The highest BCUT2D eigenvalue weighted by molar-refractivity contribution is 6.02. The molecular weight excluding hydrogens is 272 g/mol. The van der Waals surface area contributed by atoms with Crippen LogP contribution in [0.1, 0.15) is 15.9 Å². The number of para-hydroxylation sites is 1. The average molecular weight is 286 g/mol. The summed E-state index contributed by atoms with van der Waals surface area (Å²) >= 11 is 0. The molecule has 6 nitrogen and oxygen atoms in total. The van der Waals surface area contributed by atoms with Gasteiger partial charge in [0, 0.05) is 5.69 Å². The number of carbonyl (C=O) groups is 2. The lowest BCUT2D eigenvalue weighted by Crippen LogP contribution is -2.19. The Bertz CT molecular complexity index is 698. The van der Waals surface area contributed by atoms with E-state index in [9.17, 15) is 14.7 Å². The highest BCUT2D eigenvalue weighted by atomic mass is 16.4. The van der Waals surface area contributed by atoms with E-state index in [1.54, 1.807) is 18.2 Å². The zero-order valence-electron chi connectivity index (χ0n) is 11.3. The van der Waals surface area contributed by atoms with Crippen molar-refractivity contribution in [3.05, 3.63) is 53.6 Å². The van der Waals surface area contributed by atoms with Gasteiger partial charge in [0.15, 0.2) is 5.75 Å². The minimum Gasteiger partial charge on any atom is -0.505 e. The van der Waals surface area contributed by atoms with Gasteiger partial charge in [0.05, 0.1) is 5.69 Å². The molecule has 0 saturated heterocycles. The van der Waals surface area contributed by atoms with E-state index in [0.29, 0.717) is 5.69 Å². The first-order valence-corrected chi connectivity index (χ1v) is 6.17. The maximum atomic E-state index is 11.8. The molecule has 2 aromatic rings. The van der Waals surface area contributed by atoms with Crippen LogP contribution in [0.2, 0.25) is 0 Å². The van der Waals surface area contributed by atoms with Crippen molar-refractivity contribution in [1.29, 1.82) is 0 Å². The van der Waals surface area contributed by atoms with E-state index in [4.69, 9.17) is 5.11 Å². The van der Waals surface area contributed by atoms with Crippen molar-refractivity contribution in [2.24, 2.45) is 0 Å². The Morgan fingerprint density at radius 1 is 1.05 bits per heavy atom.